The molecule has 1 N–H and O–H groups in total. The van der Waals surface area contributed by atoms with Crippen LogP contribution in [0.3, 0.4) is 0 Å². The third-order valence-electron chi connectivity index (χ3n) is 2.49. The van der Waals surface area contributed by atoms with Gasteiger partial charge in [-0.05, 0) is 0 Å². The van der Waals surface area contributed by atoms with Crippen LogP contribution in [0, 0.1) is 0 Å². The Labute approximate surface area is 121 Å². The summed E-state index contributed by atoms with van der Waals surface area (Å²) in [4.78, 5) is 3.34. The van der Waals surface area contributed by atoms with Crippen LogP contribution in [0.1, 0.15) is 26.3 Å². The minimum Gasteiger partial charge on any atom is -1.00 e. The maximum atomic E-state index is 3.34. The van der Waals surface area contributed by atoms with Gasteiger partial charge in [0, 0.05) is 0 Å². The Bertz CT molecular complexity index is 471. The average Bonchev–Trinajstić information content (AvgIpc) is 2.41. The van der Waals surface area contributed by atoms with Gasteiger partial charge in [0.2, 0.25) is 0 Å². The number of halogens is 2. The van der Waals surface area contributed by atoms with E-state index in [2.05, 4.69) is 70.5 Å². The predicted molar refractivity (Wildman–Crippen MR) is 56.6 cm³/mol. The Morgan fingerprint density at radius 2 is 1.69 bits per heavy atom. The van der Waals surface area contributed by atoms with Crippen LogP contribution in [0.4, 0.5) is 0 Å². The van der Waals surface area contributed by atoms with Gasteiger partial charge in [0.05, 0.1) is 0 Å². The van der Waals surface area contributed by atoms with Crippen molar-refractivity contribution in [3.05, 3.63) is 29.8 Å². The molecule has 0 saturated carbocycles. The molecule has 2 rings (SSSR count). The van der Waals surface area contributed by atoms with E-state index in [1.54, 1.807) is 0 Å². The maximum Gasteiger partial charge on any atom is -1.00 e. The number of aromatic nitrogens is 1. The Kier molecular flexibility index (Phi) is 5.61. The zero-order valence-corrected chi connectivity index (χ0v) is 12.6. The van der Waals surface area contributed by atoms with E-state index >= 15 is 0 Å². The van der Waals surface area contributed by atoms with Gasteiger partial charge in [-0.2, -0.15) is 0 Å². The summed E-state index contributed by atoms with van der Waals surface area (Å²) in [6.07, 6.45) is 0. The first-order chi connectivity index (χ1) is 6.47. The third kappa shape index (κ3) is 3.27. The van der Waals surface area contributed by atoms with Gasteiger partial charge in [-0.1, -0.05) is 0 Å². The van der Waals surface area contributed by atoms with Crippen LogP contribution in [0.2, 0.25) is 0 Å². The molecule has 0 aliphatic rings. The molecule has 4 heteroatoms. The number of benzene rings is 1. The first-order valence-electron chi connectivity index (χ1n) is 4.82. The fourth-order valence-electron chi connectivity index (χ4n) is 1.60. The molecule has 0 atom stereocenters. The van der Waals surface area contributed by atoms with Crippen LogP contribution in [0.15, 0.2) is 24.3 Å². The smallest absolute Gasteiger partial charge is 1.00 e. The number of aromatic amines is 1. The van der Waals surface area contributed by atoms with Crippen molar-refractivity contribution >= 4 is 14.9 Å². The van der Waals surface area contributed by atoms with Gasteiger partial charge in [-0.3, -0.25) is 0 Å². The van der Waals surface area contributed by atoms with E-state index in [1.165, 1.54) is 20.5 Å². The summed E-state index contributed by atoms with van der Waals surface area (Å²) in [6.45, 7) is 6.73. The summed E-state index contributed by atoms with van der Waals surface area (Å²) >= 11 is 2.09. The summed E-state index contributed by atoms with van der Waals surface area (Å²) in [5, 5.41) is 1.31. The first-order valence-corrected chi connectivity index (χ1v) is 5.60. The zero-order valence-electron chi connectivity index (χ0n) is 9.57. The SMILES string of the molecule is CC(C)(C)c1ccc2[nH][c]([Ti+2])cc2c1.[Cl-].[Cl-]. The Balaban J connectivity index is 0.00000112. The second-order valence-electron chi connectivity index (χ2n) is 4.74. The number of rotatable bonds is 0. The zero-order chi connectivity index (χ0) is 10.3. The van der Waals surface area contributed by atoms with E-state index in [0.29, 0.717) is 0 Å². The molecule has 0 radical (unpaired) electrons. The number of fused-ring (bicyclic) bond motifs is 1. The van der Waals surface area contributed by atoms with E-state index in [-0.39, 0.29) is 30.2 Å². The van der Waals surface area contributed by atoms with Gasteiger partial charge in [-0.25, -0.2) is 0 Å². The third-order valence-corrected chi connectivity index (χ3v) is 2.91. The molecule has 1 nitrogen and oxygen atoms in total. The number of nitrogens with one attached hydrogen (secondary N) is 1. The summed E-state index contributed by atoms with van der Waals surface area (Å²) in [5.74, 6) is 0. The first kappa shape index (κ1) is 16.1. The van der Waals surface area contributed by atoms with Gasteiger partial charge >= 0.3 is 96.3 Å². The van der Waals surface area contributed by atoms with Crippen molar-refractivity contribution in [3.63, 3.8) is 0 Å². The fraction of sp³-hybridized carbons (Fsp3) is 0.333. The average molecular weight is 291 g/mol. The molecule has 16 heavy (non-hydrogen) atoms. The topological polar surface area (TPSA) is 15.8 Å². The van der Waals surface area contributed by atoms with Crippen LogP contribution >= 0.6 is 0 Å². The largest absolute Gasteiger partial charge is 1.00 e. The van der Waals surface area contributed by atoms with E-state index < -0.39 is 0 Å². The molecular weight excluding hydrogens is 277 g/mol. The normalized spacial score (nSPS) is 10.8. The van der Waals surface area contributed by atoms with Crippen molar-refractivity contribution in [2.75, 3.05) is 0 Å². The van der Waals surface area contributed by atoms with Gasteiger partial charge in [0.25, 0.3) is 0 Å². The molecule has 1 aromatic carbocycles. The number of H-pyrrole nitrogens is 1. The Hall–Kier alpha value is 0.0543. The van der Waals surface area contributed by atoms with E-state index in [4.69, 9.17) is 0 Å². The second kappa shape index (κ2) is 5.59. The summed E-state index contributed by atoms with van der Waals surface area (Å²) in [7, 11) is 0. The standard InChI is InChI=1S/C12H14N.2ClH.Ti/c1-12(2,3)10-4-5-11-9(8-10)6-7-13-11;;;/h4-6,8,13H,1-3H3;2*1H;/q;;;+2/p-2. The summed E-state index contributed by atoms with van der Waals surface area (Å²) in [6, 6.07) is 8.85. The van der Waals surface area contributed by atoms with Crippen molar-refractivity contribution in [1.29, 1.82) is 0 Å². The van der Waals surface area contributed by atoms with Crippen molar-refractivity contribution in [1.82, 2.24) is 4.98 Å². The molecule has 0 bridgehead atoms. The molecule has 0 amide bonds. The molecule has 0 spiro atoms. The molecule has 0 fully saturated rings. The van der Waals surface area contributed by atoms with Gasteiger partial charge < -0.3 is 24.8 Å². The fourth-order valence-corrected chi connectivity index (χ4v) is 2.05. The molecule has 1 heterocycles. The van der Waals surface area contributed by atoms with Crippen molar-refractivity contribution in [2.24, 2.45) is 0 Å². The van der Waals surface area contributed by atoms with Gasteiger partial charge in [0.15, 0.2) is 0 Å². The van der Waals surface area contributed by atoms with Crippen molar-refractivity contribution < 1.29 is 45.2 Å². The van der Waals surface area contributed by atoms with Crippen LogP contribution in [0.5, 0.6) is 0 Å². The summed E-state index contributed by atoms with van der Waals surface area (Å²) in [5.41, 5.74) is 2.86. The second-order valence-corrected chi connectivity index (χ2v) is 5.58. The Morgan fingerprint density at radius 1 is 1.06 bits per heavy atom. The molecule has 1 aromatic heterocycles. The van der Waals surface area contributed by atoms with Gasteiger partial charge in [0.1, 0.15) is 0 Å². The molecule has 2 aromatic rings. The number of hydrogen-bond acceptors (Lipinski definition) is 0. The summed E-state index contributed by atoms with van der Waals surface area (Å²) < 4.78 is 1.23. The minimum atomic E-state index is 0. The maximum absolute atomic E-state index is 3.34. The molecular formula is C12H14Cl2NTi. The quantitative estimate of drug-likeness (QED) is 0.488. The molecule has 0 saturated heterocycles. The molecule has 0 aliphatic heterocycles. The minimum absolute atomic E-state index is 0. The van der Waals surface area contributed by atoms with Crippen LogP contribution < -0.4 is 28.8 Å². The van der Waals surface area contributed by atoms with Crippen molar-refractivity contribution in [3.8, 4) is 0 Å². The van der Waals surface area contributed by atoms with Crippen LogP contribution in [0.25, 0.3) is 10.9 Å². The molecule has 85 valence electrons. The van der Waals surface area contributed by atoms with E-state index in [0.717, 1.165) is 0 Å². The monoisotopic (exact) mass is 290 g/mol. The van der Waals surface area contributed by atoms with Crippen LogP contribution in [-0.2, 0) is 25.9 Å². The van der Waals surface area contributed by atoms with Crippen LogP contribution in [-0.4, -0.2) is 4.98 Å². The number of hydrogen-bond donors (Lipinski definition) is 1. The molecule has 0 unspecified atom stereocenters. The predicted octanol–water partition coefficient (Wildman–Crippen LogP) is -3.35. The van der Waals surface area contributed by atoms with Gasteiger partial charge in [-0.15, -0.1) is 0 Å². The molecule has 0 aliphatic carbocycles. The van der Waals surface area contributed by atoms with Crippen molar-refractivity contribution in [2.45, 2.75) is 26.2 Å². The van der Waals surface area contributed by atoms with E-state index in [1.807, 2.05) is 0 Å². The van der Waals surface area contributed by atoms with E-state index in [9.17, 15) is 0 Å². The Morgan fingerprint density at radius 3 is 2.25 bits per heavy atom.